The van der Waals surface area contributed by atoms with E-state index in [-0.39, 0.29) is 22.8 Å². The molecule has 0 aliphatic rings. The Balaban J connectivity index is 2.22. The molecule has 0 saturated carbocycles. The second kappa shape index (κ2) is 9.82. The lowest BCUT2D eigenvalue weighted by Crippen LogP contribution is -2.31. The Labute approximate surface area is 178 Å². The zero-order valence-corrected chi connectivity index (χ0v) is 19.5. The maximum atomic E-state index is 13.2. The minimum absolute atomic E-state index is 0.0406. The number of carbonyl (C=O) groups is 1. The molecule has 160 valence electrons. The molecule has 1 N–H and O–H groups in total. The van der Waals surface area contributed by atoms with Crippen LogP contribution < -0.4 is 5.32 Å². The van der Waals surface area contributed by atoms with Gasteiger partial charge in [0.2, 0.25) is 10.0 Å². The van der Waals surface area contributed by atoms with Crippen molar-refractivity contribution in [1.82, 2.24) is 14.6 Å². The monoisotopic (exact) mass is 437 g/mol. The smallest absolute Gasteiger partial charge is 0.270 e. The van der Waals surface area contributed by atoms with Gasteiger partial charge >= 0.3 is 0 Å². The largest absolute Gasteiger partial charge is 0.351 e. The minimum Gasteiger partial charge on any atom is -0.351 e. The van der Waals surface area contributed by atoms with Crippen LogP contribution in [0.5, 0.6) is 0 Å². The summed E-state index contributed by atoms with van der Waals surface area (Å²) in [5, 5.41) is 5.07. The first-order chi connectivity index (χ1) is 13.6. The zero-order valence-electron chi connectivity index (χ0n) is 17.9. The number of thiazole rings is 1. The van der Waals surface area contributed by atoms with Gasteiger partial charge in [-0.1, -0.05) is 46.8 Å². The molecule has 8 heteroatoms. The highest BCUT2D eigenvalue weighted by Crippen LogP contribution is 2.26. The van der Waals surface area contributed by atoms with Crippen LogP contribution in [0.15, 0.2) is 34.5 Å². The van der Waals surface area contributed by atoms with E-state index in [2.05, 4.69) is 31.1 Å². The van der Waals surface area contributed by atoms with Gasteiger partial charge in [-0.25, -0.2) is 13.4 Å². The summed E-state index contributed by atoms with van der Waals surface area (Å²) in [6.45, 7) is 11.3. The van der Waals surface area contributed by atoms with Crippen molar-refractivity contribution >= 4 is 27.3 Å². The van der Waals surface area contributed by atoms with Crippen LogP contribution in [0.25, 0.3) is 0 Å². The number of nitrogens with one attached hydrogen (secondary N) is 1. The molecular weight excluding hydrogens is 406 g/mol. The van der Waals surface area contributed by atoms with Gasteiger partial charge in [0.15, 0.2) is 0 Å². The Morgan fingerprint density at radius 1 is 1.14 bits per heavy atom. The zero-order chi connectivity index (χ0) is 21.7. The number of sulfonamides is 1. The van der Waals surface area contributed by atoms with Gasteiger partial charge in [-0.2, -0.15) is 4.31 Å². The van der Waals surface area contributed by atoms with Crippen LogP contribution in [0.1, 0.15) is 68.5 Å². The van der Waals surface area contributed by atoms with Crippen molar-refractivity contribution in [1.29, 1.82) is 0 Å². The Bertz CT molecular complexity index is 913. The first kappa shape index (κ1) is 23.5. The highest BCUT2D eigenvalue weighted by atomic mass is 32.2. The molecule has 1 heterocycles. The van der Waals surface area contributed by atoms with Crippen molar-refractivity contribution in [3.8, 4) is 0 Å². The van der Waals surface area contributed by atoms with E-state index in [0.29, 0.717) is 30.2 Å². The van der Waals surface area contributed by atoms with Gasteiger partial charge in [0.25, 0.3) is 5.91 Å². The van der Waals surface area contributed by atoms with Gasteiger partial charge in [-0.15, -0.1) is 11.3 Å². The number of rotatable bonds is 9. The van der Waals surface area contributed by atoms with E-state index in [1.807, 2.05) is 26.0 Å². The fourth-order valence-corrected chi connectivity index (χ4v) is 5.14. The fourth-order valence-electron chi connectivity index (χ4n) is 2.78. The predicted octanol–water partition coefficient (Wildman–Crippen LogP) is 4.18. The number of nitrogens with zero attached hydrogens (tertiary/aromatic N) is 2. The molecule has 29 heavy (non-hydrogen) atoms. The summed E-state index contributed by atoms with van der Waals surface area (Å²) in [6, 6.07) is 7.08. The van der Waals surface area contributed by atoms with Gasteiger partial charge in [0.05, 0.1) is 11.4 Å². The minimum atomic E-state index is -3.65. The number of carbonyl (C=O) groups excluding carboxylic acids is 1. The molecule has 1 aromatic heterocycles. The maximum Gasteiger partial charge on any atom is 0.270 e. The Morgan fingerprint density at radius 2 is 1.79 bits per heavy atom. The first-order valence-electron chi connectivity index (χ1n) is 9.93. The maximum absolute atomic E-state index is 13.2. The summed E-state index contributed by atoms with van der Waals surface area (Å²) in [4.78, 5) is 16.7. The van der Waals surface area contributed by atoms with Crippen molar-refractivity contribution in [2.45, 2.75) is 64.3 Å². The van der Waals surface area contributed by atoms with E-state index in [1.165, 1.54) is 15.6 Å². The van der Waals surface area contributed by atoms with Gasteiger partial charge in [-0.3, -0.25) is 4.79 Å². The second-order valence-corrected chi connectivity index (χ2v) is 10.9. The van der Waals surface area contributed by atoms with Crippen LogP contribution in [0.3, 0.4) is 0 Å². The summed E-state index contributed by atoms with van der Waals surface area (Å²) in [7, 11) is -3.65. The molecule has 0 spiro atoms. The Kier molecular flexibility index (Phi) is 7.96. The topological polar surface area (TPSA) is 79.4 Å². The molecule has 0 aliphatic carbocycles. The molecule has 0 atom stereocenters. The van der Waals surface area contributed by atoms with Crippen LogP contribution in [-0.2, 0) is 22.0 Å². The van der Waals surface area contributed by atoms with E-state index in [0.717, 1.165) is 12.0 Å². The second-order valence-electron chi connectivity index (χ2n) is 8.00. The third kappa shape index (κ3) is 6.10. The quantitative estimate of drug-likeness (QED) is 0.638. The molecule has 1 amide bonds. The average Bonchev–Trinajstić information content (AvgIpc) is 3.14. The summed E-state index contributed by atoms with van der Waals surface area (Å²) >= 11 is 1.30. The van der Waals surface area contributed by atoms with Crippen molar-refractivity contribution in [3.05, 3.63) is 45.9 Å². The van der Waals surface area contributed by atoms with Crippen molar-refractivity contribution in [3.63, 3.8) is 0 Å². The van der Waals surface area contributed by atoms with Crippen LogP contribution in [0.2, 0.25) is 0 Å². The molecule has 6 nitrogen and oxygen atoms in total. The van der Waals surface area contributed by atoms with Crippen LogP contribution >= 0.6 is 11.3 Å². The summed E-state index contributed by atoms with van der Waals surface area (Å²) in [5.74, 6) is -0.225. The number of benzene rings is 1. The predicted molar refractivity (Wildman–Crippen MR) is 118 cm³/mol. The third-order valence-corrected chi connectivity index (χ3v) is 7.16. The summed E-state index contributed by atoms with van der Waals surface area (Å²) in [6.07, 6.45) is 1.54. The molecule has 0 aliphatic heterocycles. The number of hydrogen-bond donors (Lipinski definition) is 1. The van der Waals surface area contributed by atoms with Gasteiger partial charge < -0.3 is 5.32 Å². The Morgan fingerprint density at radius 3 is 2.34 bits per heavy atom. The van der Waals surface area contributed by atoms with E-state index >= 15 is 0 Å². The van der Waals surface area contributed by atoms with Crippen molar-refractivity contribution in [2.75, 3.05) is 13.1 Å². The lowest BCUT2D eigenvalue weighted by atomic mass is 9.87. The highest BCUT2D eigenvalue weighted by molar-refractivity contribution is 7.89. The molecule has 0 fully saturated rings. The number of hydrogen-bond acceptors (Lipinski definition) is 5. The van der Waals surface area contributed by atoms with Crippen LogP contribution in [-0.4, -0.2) is 36.7 Å². The molecule has 2 rings (SSSR count). The molecule has 0 saturated heterocycles. The van der Waals surface area contributed by atoms with Gasteiger partial charge in [0, 0.05) is 18.5 Å². The molecule has 0 bridgehead atoms. The van der Waals surface area contributed by atoms with Crippen molar-refractivity contribution in [2.24, 2.45) is 0 Å². The average molecular weight is 438 g/mol. The SMILES string of the molecule is CCCNC(=O)c1csc(CN(CCC)S(=O)(=O)c2ccc(C(C)(C)C)cc2)n1. The Hall–Kier alpha value is -1.77. The fraction of sp³-hybridized carbons (Fsp3) is 0.524. The van der Waals surface area contributed by atoms with Crippen LogP contribution in [0.4, 0.5) is 0 Å². The lowest BCUT2D eigenvalue weighted by molar-refractivity contribution is 0.0949. The number of amides is 1. The first-order valence-corrected chi connectivity index (χ1v) is 12.2. The van der Waals surface area contributed by atoms with E-state index in [4.69, 9.17) is 0 Å². The summed E-state index contributed by atoms with van der Waals surface area (Å²) < 4.78 is 27.8. The third-order valence-electron chi connectivity index (χ3n) is 4.46. The van der Waals surface area contributed by atoms with Gasteiger partial charge in [0.1, 0.15) is 10.7 Å². The number of aromatic nitrogens is 1. The molecule has 0 radical (unpaired) electrons. The van der Waals surface area contributed by atoms with E-state index in [9.17, 15) is 13.2 Å². The normalized spacial score (nSPS) is 12.3. The van der Waals surface area contributed by atoms with E-state index in [1.54, 1.807) is 17.5 Å². The van der Waals surface area contributed by atoms with Crippen LogP contribution in [0, 0.1) is 0 Å². The highest BCUT2D eigenvalue weighted by Gasteiger charge is 2.26. The molecular formula is C21H31N3O3S2. The molecule has 2 aromatic rings. The van der Waals surface area contributed by atoms with E-state index < -0.39 is 10.0 Å². The van der Waals surface area contributed by atoms with Crippen molar-refractivity contribution < 1.29 is 13.2 Å². The standard InChI is InChI=1S/C21H31N3O3S2/c1-6-12-22-20(25)18-15-28-19(23-18)14-24(13-7-2)29(26,27)17-10-8-16(9-11-17)21(3,4)5/h8-11,15H,6-7,12-14H2,1-5H3,(H,22,25). The summed E-state index contributed by atoms with van der Waals surface area (Å²) in [5.41, 5.74) is 1.38. The molecule has 1 aromatic carbocycles. The lowest BCUT2D eigenvalue weighted by Gasteiger charge is -2.22. The van der Waals surface area contributed by atoms with Gasteiger partial charge in [-0.05, 0) is 36.0 Å². The molecule has 0 unspecified atom stereocenters.